The van der Waals surface area contributed by atoms with Crippen molar-refractivity contribution in [1.82, 2.24) is 10.2 Å². The fourth-order valence-electron chi connectivity index (χ4n) is 1.57. The van der Waals surface area contributed by atoms with E-state index < -0.39 is 17.1 Å². The first-order chi connectivity index (χ1) is 9.73. The van der Waals surface area contributed by atoms with Gasteiger partial charge >= 0.3 is 0 Å². The van der Waals surface area contributed by atoms with E-state index in [1.165, 1.54) is 32.0 Å². The number of amides is 2. The number of nitrogens with zero attached hydrogens (tertiary/aromatic N) is 1. The van der Waals surface area contributed by atoms with Crippen LogP contribution in [-0.4, -0.2) is 43.9 Å². The molecule has 0 unspecified atom stereocenters. The molecule has 0 aliphatic heterocycles. The molecule has 0 saturated carbocycles. The van der Waals surface area contributed by atoms with E-state index in [-0.39, 0.29) is 5.91 Å². The number of anilines is 1. The zero-order valence-electron chi connectivity index (χ0n) is 12.9. The molecule has 21 heavy (non-hydrogen) atoms. The number of rotatable bonds is 6. The number of likely N-dealkylation sites (N-methyl/N-ethyl adjacent to an activating group) is 1. The van der Waals surface area contributed by atoms with Gasteiger partial charge < -0.3 is 15.5 Å². The lowest BCUT2D eigenvalue weighted by Gasteiger charge is -2.23. The van der Waals surface area contributed by atoms with Gasteiger partial charge in [0.05, 0.1) is 0 Å². The van der Waals surface area contributed by atoms with E-state index in [4.69, 9.17) is 0 Å². The lowest BCUT2D eigenvalue weighted by molar-refractivity contribution is -0.138. The lowest BCUT2D eigenvalue weighted by atomic mass is 9.91. The van der Waals surface area contributed by atoms with Crippen LogP contribution >= 0.6 is 0 Å². The average Bonchev–Trinajstić information content (AvgIpc) is 2.37. The van der Waals surface area contributed by atoms with Crippen molar-refractivity contribution in [2.24, 2.45) is 5.41 Å². The smallest absolute Gasteiger partial charge is 0.239 e. The monoisotopic (exact) mass is 295 g/mol. The Morgan fingerprint density at radius 1 is 1.24 bits per heavy atom. The van der Waals surface area contributed by atoms with Gasteiger partial charge in [-0.05, 0) is 46.1 Å². The molecule has 0 aliphatic carbocycles. The number of benzene rings is 1. The summed E-state index contributed by atoms with van der Waals surface area (Å²) in [5.74, 6) is -1.28. The van der Waals surface area contributed by atoms with E-state index in [1.807, 2.05) is 19.0 Å². The fraction of sp³-hybridized carbons (Fsp3) is 0.467. The second-order valence-electron chi connectivity index (χ2n) is 5.65. The van der Waals surface area contributed by atoms with Crippen molar-refractivity contribution < 1.29 is 14.0 Å². The summed E-state index contributed by atoms with van der Waals surface area (Å²) in [4.78, 5) is 26.2. The minimum Gasteiger partial charge on any atom is -0.354 e. The predicted octanol–water partition coefficient (Wildman–Crippen LogP) is 1.47. The van der Waals surface area contributed by atoms with E-state index in [9.17, 15) is 14.0 Å². The van der Waals surface area contributed by atoms with Crippen molar-refractivity contribution in [1.29, 1.82) is 0 Å². The zero-order valence-corrected chi connectivity index (χ0v) is 12.9. The van der Waals surface area contributed by atoms with Gasteiger partial charge in [-0.25, -0.2) is 4.39 Å². The molecule has 0 saturated heterocycles. The van der Waals surface area contributed by atoms with Crippen LogP contribution in [0, 0.1) is 11.2 Å². The highest BCUT2D eigenvalue weighted by Gasteiger charge is 2.35. The van der Waals surface area contributed by atoms with Crippen LogP contribution in [0.5, 0.6) is 0 Å². The van der Waals surface area contributed by atoms with Crippen molar-refractivity contribution in [3.8, 4) is 0 Å². The van der Waals surface area contributed by atoms with Crippen LogP contribution in [0.25, 0.3) is 0 Å². The molecule has 0 bridgehead atoms. The molecule has 0 radical (unpaired) electrons. The Kier molecular flexibility index (Phi) is 5.84. The maximum atomic E-state index is 13.1. The number of carbonyl (C=O) groups is 2. The van der Waals surface area contributed by atoms with E-state index >= 15 is 0 Å². The molecule has 5 nitrogen and oxygen atoms in total. The minimum atomic E-state index is -1.24. The second kappa shape index (κ2) is 7.17. The third-order valence-corrected chi connectivity index (χ3v) is 3.06. The summed E-state index contributed by atoms with van der Waals surface area (Å²) >= 11 is 0. The van der Waals surface area contributed by atoms with Gasteiger partial charge in [-0.1, -0.05) is 6.07 Å². The molecule has 116 valence electrons. The van der Waals surface area contributed by atoms with Crippen LogP contribution in [0.1, 0.15) is 13.8 Å². The number of hydrogen-bond donors (Lipinski definition) is 2. The van der Waals surface area contributed by atoms with Gasteiger partial charge in [0.1, 0.15) is 11.2 Å². The van der Waals surface area contributed by atoms with Gasteiger partial charge in [-0.15, -0.1) is 0 Å². The molecule has 1 aromatic carbocycles. The molecule has 1 rings (SSSR count). The molecule has 0 spiro atoms. The molecule has 0 atom stereocenters. The van der Waals surface area contributed by atoms with Crippen LogP contribution in [0.3, 0.4) is 0 Å². The molecular formula is C15H22FN3O2. The molecule has 6 heteroatoms. The molecule has 0 aliphatic rings. The first-order valence-corrected chi connectivity index (χ1v) is 6.73. The van der Waals surface area contributed by atoms with Gasteiger partial charge in [-0.3, -0.25) is 9.59 Å². The third kappa shape index (κ3) is 5.15. The van der Waals surface area contributed by atoms with Gasteiger partial charge in [0, 0.05) is 18.8 Å². The maximum Gasteiger partial charge on any atom is 0.239 e. The molecular weight excluding hydrogens is 273 g/mol. The Balaban J connectivity index is 2.63. The highest BCUT2D eigenvalue weighted by molar-refractivity contribution is 6.09. The summed E-state index contributed by atoms with van der Waals surface area (Å²) in [6.45, 7) is 4.22. The minimum absolute atomic E-state index is 0.328. The van der Waals surface area contributed by atoms with E-state index in [0.717, 1.165) is 0 Å². The van der Waals surface area contributed by atoms with Gasteiger partial charge in [0.25, 0.3) is 0 Å². The Hall–Kier alpha value is -1.95. The summed E-state index contributed by atoms with van der Waals surface area (Å²) in [7, 11) is 3.79. The predicted molar refractivity (Wildman–Crippen MR) is 80.4 cm³/mol. The van der Waals surface area contributed by atoms with Crippen LogP contribution < -0.4 is 10.6 Å². The quantitative estimate of drug-likeness (QED) is 0.781. The molecule has 0 fully saturated rings. The van der Waals surface area contributed by atoms with E-state index in [2.05, 4.69) is 10.6 Å². The normalized spacial score (nSPS) is 11.3. The van der Waals surface area contributed by atoms with Crippen LogP contribution in [0.4, 0.5) is 10.1 Å². The topological polar surface area (TPSA) is 61.4 Å². The SMILES string of the molecule is CN(C)CCNC(=O)C(C)(C)C(=O)Nc1cccc(F)c1. The van der Waals surface area contributed by atoms with Gasteiger partial charge in [0.15, 0.2) is 0 Å². The molecule has 2 N–H and O–H groups in total. The summed E-state index contributed by atoms with van der Waals surface area (Å²) in [6.07, 6.45) is 0. The van der Waals surface area contributed by atoms with Gasteiger partial charge in [0.2, 0.25) is 11.8 Å². The fourth-order valence-corrected chi connectivity index (χ4v) is 1.57. The maximum absolute atomic E-state index is 13.1. The number of halogens is 1. The Bertz CT molecular complexity index is 515. The summed E-state index contributed by atoms with van der Waals surface area (Å²) in [5, 5.41) is 5.27. The molecule has 1 aromatic rings. The first-order valence-electron chi connectivity index (χ1n) is 6.73. The first kappa shape index (κ1) is 17.1. The number of hydrogen-bond acceptors (Lipinski definition) is 3. The highest BCUT2D eigenvalue weighted by atomic mass is 19.1. The number of carbonyl (C=O) groups excluding carboxylic acids is 2. The van der Waals surface area contributed by atoms with Crippen molar-refractivity contribution in [2.45, 2.75) is 13.8 Å². The lowest BCUT2D eigenvalue weighted by Crippen LogP contribution is -2.46. The third-order valence-electron chi connectivity index (χ3n) is 3.06. The molecule has 0 aromatic heterocycles. The van der Waals surface area contributed by atoms with Crippen molar-refractivity contribution in [2.75, 3.05) is 32.5 Å². The standard InChI is InChI=1S/C15H22FN3O2/c1-15(2,13(20)17-8-9-19(3)4)14(21)18-12-7-5-6-11(16)10-12/h5-7,10H,8-9H2,1-4H3,(H,17,20)(H,18,21). The molecule has 2 amide bonds. The van der Waals surface area contributed by atoms with Crippen molar-refractivity contribution in [3.63, 3.8) is 0 Å². The average molecular weight is 295 g/mol. The Morgan fingerprint density at radius 2 is 1.90 bits per heavy atom. The van der Waals surface area contributed by atoms with Crippen LogP contribution in [0.2, 0.25) is 0 Å². The van der Waals surface area contributed by atoms with Crippen LogP contribution in [-0.2, 0) is 9.59 Å². The second-order valence-corrected chi connectivity index (χ2v) is 5.65. The van der Waals surface area contributed by atoms with Crippen LogP contribution in [0.15, 0.2) is 24.3 Å². The van der Waals surface area contributed by atoms with E-state index in [0.29, 0.717) is 18.8 Å². The van der Waals surface area contributed by atoms with Gasteiger partial charge in [-0.2, -0.15) is 0 Å². The Morgan fingerprint density at radius 3 is 2.48 bits per heavy atom. The highest BCUT2D eigenvalue weighted by Crippen LogP contribution is 2.19. The van der Waals surface area contributed by atoms with Crippen molar-refractivity contribution in [3.05, 3.63) is 30.1 Å². The summed E-state index contributed by atoms with van der Waals surface area (Å²) < 4.78 is 13.1. The van der Waals surface area contributed by atoms with E-state index in [1.54, 1.807) is 6.07 Å². The summed E-state index contributed by atoms with van der Waals surface area (Å²) in [6, 6.07) is 5.56. The number of nitrogens with one attached hydrogen (secondary N) is 2. The largest absolute Gasteiger partial charge is 0.354 e. The van der Waals surface area contributed by atoms with Crippen molar-refractivity contribution >= 4 is 17.5 Å². The zero-order chi connectivity index (χ0) is 16.0. The molecule has 0 heterocycles. The Labute approximate surface area is 124 Å². The summed E-state index contributed by atoms with van der Waals surface area (Å²) in [5.41, 5.74) is -0.910.